The number of methoxy groups -OCH3 is 1. The zero-order valence-corrected chi connectivity index (χ0v) is 17.2. The molecule has 0 aliphatic heterocycles. The number of ether oxygens (including phenoxy) is 1. The largest absolute Gasteiger partial charge is 0.381 e. The van der Waals surface area contributed by atoms with Gasteiger partial charge in [-0.15, -0.1) is 0 Å². The first kappa shape index (κ1) is 19.9. The van der Waals surface area contributed by atoms with Crippen LogP contribution in [-0.4, -0.2) is 51.4 Å². The number of carbonyl (C=O) groups is 1. The molecule has 0 aromatic carbocycles. The van der Waals surface area contributed by atoms with Gasteiger partial charge in [0, 0.05) is 39.5 Å². The summed E-state index contributed by atoms with van der Waals surface area (Å²) >= 11 is 0. The molecule has 1 saturated carbocycles. The minimum absolute atomic E-state index is 0.0646. The van der Waals surface area contributed by atoms with Gasteiger partial charge in [-0.05, 0) is 31.4 Å². The van der Waals surface area contributed by atoms with Gasteiger partial charge in [-0.3, -0.25) is 9.59 Å². The summed E-state index contributed by atoms with van der Waals surface area (Å²) in [7, 11) is 5.13. The molecule has 0 saturated heterocycles. The number of rotatable bonds is 6. The third-order valence-corrected chi connectivity index (χ3v) is 5.41. The Labute approximate surface area is 173 Å². The predicted octanol–water partition coefficient (Wildman–Crippen LogP) is 1.51. The van der Waals surface area contributed by atoms with Crippen LogP contribution in [0, 0.1) is 0 Å². The van der Waals surface area contributed by atoms with Gasteiger partial charge in [-0.2, -0.15) is 9.61 Å². The van der Waals surface area contributed by atoms with E-state index in [1.54, 1.807) is 50.1 Å². The molecule has 10 nitrogen and oxygen atoms in total. The summed E-state index contributed by atoms with van der Waals surface area (Å²) in [5.41, 5.74) is 0.986. The van der Waals surface area contributed by atoms with E-state index in [2.05, 4.69) is 26.0 Å². The molecule has 3 N–H and O–H groups in total. The van der Waals surface area contributed by atoms with Crippen LogP contribution in [0.2, 0.25) is 0 Å². The second kappa shape index (κ2) is 8.15. The molecule has 2 atom stereocenters. The highest BCUT2D eigenvalue weighted by Crippen LogP contribution is 2.23. The van der Waals surface area contributed by atoms with E-state index in [9.17, 15) is 9.59 Å². The quantitative estimate of drug-likeness (QED) is 0.563. The van der Waals surface area contributed by atoms with Gasteiger partial charge in [0.05, 0.1) is 12.3 Å². The van der Waals surface area contributed by atoms with Crippen molar-refractivity contribution >= 4 is 28.9 Å². The topological polar surface area (TPSA) is 115 Å². The second-order valence-corrected chi connectivity index (χ2v) is 7.37. The van der Waals surface area contributed by atoms with Gasteiger partial charge in [-0.1, -0.05) is 0 Å². The summed E-state index contributed by atoms with van der Waals surface area (Å²) in [5.74, 6) is 0.841. The Morgan fingerprint density at radius 3 is 2.90 bits per heavy atom. The van der Waals surface area contributed by atoms with Gasteiger partial charge in [0.15, 0.2) is 5.65 Å². The Morgan fingerprint density at radius 1 is 1.33 bits per heavy atom. The Bertz CT molecular complexity index is 1140. The third kappa shape index (κ3) is 3.73. The zero-order valence-electron chi connectivity index (χ0n) is 17.2. The summed E-state index contributed by atoms with van der Waals surface area (Å²) in [6.07, 6.45) is 5.96. The standard InChI is InChI=1S/C20H25N7O3/c1-21-17-10-16(24-15-5-4-8-26(2)20(15)29)25-18-14(11-22-27(17)18)19(28)23-12-6-7-13(9-12)30-3/h4-5,8,10-13,21H,6-7,9H2,1-3H3,(H,23,28)(H,24,25)/t12-,13-/m0/s1. The van der Waals surface area contributed by atoms with Crippen LogP contribution in [0.15, 0.2) is 35.4 Å². The van der Waals surface area contributed by atoms with Gasteiger partial charge in [0.1, 0.15) is 22.9 Å². The summed E-state index contributed by atoms with van der Waals surface area (Å²) in [5, 5.41) is 13.5. The second-order valence-electron chi connectivity index (χ2n) is 7.37. The number of nitrogens with one attached hydrogen (secondary N) is 3. The van der Waals surface area contributed by atoms with E-state index in [1.165, 1.54) is 10.8 Å². The molecule has 1 aliphatic rings. The van der Waals surface area contributed by atoms with E-state index in [1.807, 2.05) is 0 Å². The molecule has 30 heavy (non-hydrogen) atoms. The van der Waals surface area contributed by atoms with E-state index in [4.69, 9.17) is 4.74 Å². The van der Waals surface area contributed by atoms with E-state index in [-0.39, 0.29) is 23.6 Å². The third-order valence-electron chi connectivity index (χ3n) is 5.41. The SMILES string of the molecule is CNc1cc(Nc2cccn(C)c2=O)nc2c(C(=O)N[C@H]3CC[C@H](OC)C3)cnn12. The molecule has 1 amide bonds. The average molecular weight is 411 g/mol. The monoisotopic (exact) mass is 411 g/mol. The number of anilines is 3. The van der Waals surface area contributed by atoms with Gasteiger partial charge >= 0.3 is 0 Å². The van der Waals surface area contributed by atoms with Crippen molar-refractivity contribution in [3.8, 4) is 0 Å². The summed E-state index contributed by atoms with van der Waals surface area (Å²) in [4.78, 5) is 29.8. The molecule has 0 unspecified atom stereocenters. The maximum atomic E-state index is 12.9. The lowest BCUT2D eigenvalue weighted by Crippen LogP contribution is -2.33. The number of hydrogen-bond acceptors (Lipinski definition) is 7. The summed E-state index contributed by atoms with van der Waals surface area (Å²) in [6.45, 7) is 0. The van der Waals surface area contributed by atoms with Crippen molar-refractivity contribution in [3.05, 3.63) is 46.5 Å². The zero-order chi connectivity index (χ0) is 21.3. The molecule has 1 aliphatic carbocycles. The van der Waals surface area contributed by atoms with Gasteiger partial charge < -0.3 is 25.3 Å². The summed E-state index contributed by atoms with van der Waals surface area (Å²) < 4.78 is 8.42. The summed E-state index contributed by atoms with van der Waals surface area (Å²) in [6, 6.07) is 5.25. The van der Waals surface area contributed by atoms with Crippen molar-refractivity contribution in [2.45, 2.75) is 31.4 Å². The number of carbonyl (C=O) groups excluding carboxylic acids is 1. The van der Waals surface area contributed by atoms with E-state index < -0.39 is 0 Å². The molecule has 0 radical (unpaired) electrons. The van der Waals surface area contributed by atoms with Crippen LogP contribution in [-0.2, 0) is 11.8 Å². The lowest BCUT2D eigenvalue weighted by Gasteiger charge is -2.13. The first-order valence-electron chi connectivity index (χ1n) is 9.83. The fourth-order valence-corrected chi connectivity index (χ4v) is 3.74. The van der Waals surface area contributed by atoms with Crippen molar-refractivity contribution in [1.82, 2.24) is 24.5 Å². The van der Waals surface area contributed by atoms with Crippen LogP contribution >= 0.6 is 0 Å². The van der Waals surface area contributed by atoms with Gasteiger partial charge in [0.25, 0.3) is 11.5 Å². The van der Waals surface area contributed by atoms with Crippen LogP contribution in [0.5, 0.6) is 0 Å². The van der Waals surface area contributed by atoms with Crippen LogP contribution in [0.3, 0.4) is 0 Å². The van der Waals surface area contributed by atoms with E-state index >= 15 is 0 Å². The highest BCUT2D eigenvalue weighted by Gasteiger charge is 2.27. The van der Waals surface area contributed by atoms with Crippen LogP contribution in [0.4, 0.5) is 17.3 Å². The van der Waals surface area contributed by atoms with Crippen LogP contribution < -0.4 is 21.5 Å². The predicted molar refractivity (Wildman–Crippen MR) is 113 cm³/mol. The molecule has 3 aromatic rings. The normalized spacial score (nSPS) is 18.5. The van der Waals surface area contributed by atoms with Crippen molar-refractivity contribution in [2.24, 2.45) is 7.05 Å². The highest BCUT2D eigenvalue weighted by molar-refractivity contribution is 6.00. The van der Waals surface area contributed by atoms with E-state index in [0.717, 1.165) is 19.3 Å². The number of aromatic nitrogens is 4. The van der Waals surface area contributed by atoms with E-state index in [0.29, 0.717) is 28.5 Å². The maximum Gasteiger partial charge on any atom is 0.274 e. The number of fused-ring (bicyclic) bond motifs is 1. The van der Waals surface area contributed by atoms with Crippen molar-refractivity contribution < 1.29 is 9.53 Å². The fourth-order valence-electron chi connectivity index (χ4n) is 3.74. The Morgan fingerprint density at radius 2 is 2.17 bits per heavy atom. The number of nitrogens with zero attached hydrogens (tertiary/aromatic N) is 4. The molecule has 10 heteroatoms. The molecule has 1 fully saturated rings. The Kier molecular flexibility index (Phi) is 5.40. The van der Waals surface area contributed by atoms with Gasteiger partial charge in [-0.25, -0.2) is 4.98 Å². The molecule has 3 heterocycles. The molecule has 4 rings (SSSR count). The van der Waals surface area contributed by atoms with Crippen molar-refractivity contribution in [1.29, 1.82) is 0 Å². The molecular weight excluding hydrogens is 386 g/mol. The number of hydrogen-bond donors (Lipinski definition) is 3. The van der Waals surface area contributed by atoms with Crippen molar-refractivity contribution in [2.75, 3.05) is 24.8 Å². The number of amides is 1. The first-order valence-corrected chi connectivity index (χ1v) is 9.83. The minimum Gasteiger partial charge on any atom is -0.381 e. The van der Waals surface area contributed by atoms with Crippen molar-refractivity contribution in [3.63, 3.8) is 0 Å². The molecular formula is C20H25N7O3. The Balaban J connectivity index is 1.65. The minimum atomic E-state index is -0.228. The Hall–Kier alpha value is -3.40. The number of aryl methyl sites for hydroxylation is 1. The fraction of sp³-hybridized carbons (Fsp3) is 0.400. The molecule has 0 spiro atoms. The van der Waals surface area contributed by atoms with Gasteiger partial charge in [0.2, 0.25) is 0 Å². The molecule has 0 bridgehead atoms. The first-order chi connectivity index (χ1) is 14.5. The highest BCUT2D eigenvalue weighted by atomic mass is 16.5. The number of pyridine rings is 1. The maximum absolute atomic E-state index is 12.9. The lowest BCUT2D eigenvalue weighted by molar-refractivity contribution is 0.0916. The van der Waals surface area contributed by atoms with Crippen LogP contribution in [0.1, 0.15) is 29.6 Å². The molecule has 3 aromatic heterocycles. The smallest absolute Gasteiger partial charge is 0.274 e. The average Bonchev–Trinajstić information content (AvgIpc) is 3.37. The van der Waals surface area contributed by atoms with Crippen LogP contribution in [0.25, 0.3) is 5.65 Å². The lowest BCUT2D eigenvalue weighted by atomic mass is 10.2. The molecule has 158 valence electrons.